The molecular weight excluding hydrogens is 306 g/mol. The number of ether oxygens (including phenoxy) is 3. The molecule has 0 radical (unpaired) electrons. The number of sulfone groups is 1. The molecule has 0 saturated heterocycles. The Labute approximate surface area is 130 Å². The van der Waals surface area contributed by atoms with Crippen LogP contribution in [-0.2, 0) is 14.6 Å². The highest BCUT2D eigenvalue weighted by molar-refractivity contribution is 7.91. The Kier molecular flexibility index (Phi) is 3.82. The lowest BCUT2D eigenvalue weighted by atomic mass is 9.99. The van der Waals surface area contributed by atoms with E-state index in [2.05, 4.69) is 0 Å². The van der Waals surface area contributed by atoms with Crippen LogP contribution in [0.15, 0.2) is 18.2 Å². The van der Waals surface area contributed by atoms with Gasteiger partial charge < -0.3 is 19.9 Å². The Morgan fingerprint density at radius 1 is 1.36 bits per heavy atom. The van der Waals surface area contributed by atoms with Crippen molar-refractivity contribution in [1.29, 1.82) is 0 Å². The molecule has 0 amide bonds. The van der Waals surface area contributed by atoms with Crippen molar-refractivity contribution in [2.24, 2.45) is 11.1 Å². The summed E-state index contributed by atoms with van der Waals surface area (Å²) in [5.74, 6) is 1.16. The standard InChI is InChI=1S/C15H21NO5S/c1-3-19-8-15(7-16)13(14(15)22(2,17)18)10-4-5-11-12(6-10)21-9-20-11/h4-6,13-14H,3,7-9,16H2,1-2H3/t13-,14-,15-/m1/s1. The molecule has 3 atom stereocenters. The summed E-state index contributed by atoms with van der Waals surface area (Å²) in [4.78, 5) is 0. The third-order valence-corrected chi connectivity index (χ3v) is 6.22. The van der Waals surface area contributed by atoms with Gasteiger partial charge in [-0.3, -0.25) is 0 Å². The average molecular weight is 327 g/mol. The van der Waals surface area contributed by atoms with Crippen LogP contribution in [0.5, 0.6) is 11.5 Å². The van der Waals surface area contributed by atoms with Crippen molar-refractivity contribution in [3.8, 4) is 11.5 Å². The molecule has 0 aromatic heterocycles. The molecular formula is C15H21NO5S. The third-order valence-electron chi connectivity index (χ3n) is 4.55. The van der Waals surface area contributed by atoms with Gasteiger partial charge in [0.1, 0.15) is 0 Å². The molecule has 1 heterocycles. The van der Waals surface area contributed by atoms with Crippen LogP contribution in [0.2, 0.25) is 0 Å². The Bertz CT molecular complexity index is 675. The van der Waals surface area contributed by atoms with Crippen molar-refractivity contribution in [2.45, 2.75) is 18.1 Å². The van der Waals surface area contributed by atoms with Crippen molar-refractivity contribution < 1.29 is 22.6 Å². The highest BCUT2D eigenvalue weighted by Crippen LogP contribution is 2.63. The number of hydrogen-bond donors (Lipinski definition) is 1. The first-order valence-electron chi connectivity index (χ1n) is 7.30. The fourth-order valence-corrected chi connectivity index (χ4v) is 5.51. The second-order valence-corrected chi connectivity index (χ2v) is 8.08. The smallest absolute Gasteiger partial charge is 0.231 e. The van der Waals surface area contributed by atoms with Crippen LogP contribution in [0, 0.1) is 5.41 Å². The van der Waals surface area contributed by atoms with Gasteiger partial charge in [-0.05, 0) is 24.6 Å². The summed E-state index contributed by atoms with van der Waals surface area (Å²) in [6, 6.07) is 5.56. The monoisotopic (exact) mass is 327 g/mol. The largest absolute Gasteiger partial charge is 0.454 e. The Balaban J connectivity index is 1.96. The lowest BCUT2D eigenvalue weighted by Crippen LogP contribution is -2.28. The Hall–Kier alpha value is -1.31. The maximum absolute atomic E-state index is 12.2. The van der Waals surface area contributed by atoms with Crippen LogP contribution < -0.4 is 15.2 Å². The first kappa shape index (κ1) is 15.6. The molecule has 1 aliphatic carbocycles. The lowest BCUT2D eigenvalue weighted by molar-refractivity contribution is 0.101. The van der Waals surface area contributed by atoms with Crippen molar-refractivity contribution in [3.63, 3.8) is 0 Å². The zero-order valence-electron chi connectivity index (χ0n) is 12.7. The van der Waals surface area contributed by atoms with E-state index in [0.717, 1.165) is 5.56 Å². The third kappa shape index (κ3) is 2.37. The molecule has 1 aliphatic heterocycles. The molecule has 3 rings (SSSR count). The van der Waals surface area contributed by atoms with Crippen LogP contribution in [0.25, 0.3) is 0 Å². The molecule has 0 unspecified atom stereocenters. The summed E-state index contributed by atoms with van der Waals surface area (Å²) < 4.78 is 40.6. The fraction of sp³-hybridized carbons (Fsp3) is 0.600. The summed E-state index contributed by atoms with van der Waals surface area (Å²) in [7, 11) is -3.22. The molecule has 2 aliphatic rings. The van der Waals surface area contributed by atoms with Crippen molar-refractivity contribution in [1.82, 2.24) is 0 Å². The highest BCUT2D eigenvalue weighted by Gasteiger charge is 2.69. The minimum absolute atomic E-state index is 0.173. The number of rotatable bonds is 6. The van der Waals surface area contributed by atoms with E-state index in [0.29, 0.717) is 24.7 Å². The zero-order valence-corrected chi connectivity index (χ0v) is 13.6. The van der Waals surface area contributed by atoms with Gasteiger partial charge in [-0.2, -0.15) is 0 Å². The summed E-state index contributed by atoms with van der Waals surface area (Å²) in [5.41, 5.74) is 6.29. The zero-order chi connectivity index (χ0) is 16.0. The molecule has 6 nitrogen and oxygen atoms in total. The molecule has 22 heavy (non-hydrogen) atoms. The van der Waals surface area contributed by atoms with Gasteiger partial charge in [0.05, 0.1) is 11.9 Å². The minimum Gasteiger partial charge on any atom is -0.454 e. The second-order valence-electron chi connectivity index (χ2n) is 5.91. The van der Waals surface area contributed by atoms with E-state index in [1.807, 2.05) is 25.1 Å². The van der Waals surface area contributed by atoms with Gasteiger partial charge in [0, 0.05) is 30.7 Å². The number of nitrogens with two attached hydrogens (primary N) is 1. The maximum Gasteiger partial charge on any atom is 0.231 e. The summed E-state index contributed by atoms with van der Waals surface area (Å²) in [6.45, 7) is 3.23. The highest BCUT2D eigenvalue weighted by atomic mass is 32.2. The van der Waals surface area contributed by atoms with E-state index in [1.165, 1.54) is 6.26 Å². The molecule has 122 valence electrons. The van der Waals surface area contributed by atoms with Crippen LogP contribution >= 0.6 is 0 Å². The lowest BCUT2D eigenvalue weighted by Gasteiger charge is -2.15. The minimum atomic E-state index is -3.22. The number of fused-ring (bicyclic) bond motifs is 1. The van der Waals surface area contributed by atoms with Crippen LogP contribution in [0.4, 0.5) is 0 Å². The van der Waals surface area contributed by atoms with Crippen molar-refractivity contribution in [2.75, 3.05) is 32.8 Å². The Morgan fingerprint density at radius 2 is 2.09 bits per heavy atom. The van der Waals surface area contributed by atoms with Gasteiger partial charge in [0.25, 0.3) is 0 Å². The summed E-state index contributed by atoms with van der Waals surface area (Å²) in [6.07, 6.45) is 1.26. The van der Waals surface area contributed by atoms with Crippen LogP contribution in [0.1, 0.15) is 18.4 Å². The summed E-state index contributed by atoms with van der Waals surface area (Å²) in [5, 5.41) is -0.517. The van der Waals surface area contributed by atoms with E-state index >= 15 is 0 Å². The fourth-order valence-electron chi connectivity index (χ4n) is 3.51. The Morgan fingerprint density at radius 3 is 2.73 bits per heavy atom. The van der Waals surface area contributed by atoms with E-state index in [4.69, 9.17) is 19.9 Å². The predicted octanol–water partition coefficient (Wildman–Crippen LogP) is 0.907. The van der Waals surface area contributed by atoms with Crippen LogP contribution in [0.3, 0.4) is 0 Å². The number of hydrogen-bond acceptors (Lipinski definition) is 6. The van der Waals surface area contributed by atoms with E-state index < -0.39 is 20.5 Å². The molecule has 1 saturated carbocycles. The number of benzene rings is 1. The first-order chi connectivity index (χ1) is 10.4. The van der Waals surface area contributed by atoms with Gasteiger partial charge in [-0.15, -0.1) is 0 Å². The topological polar surface area (TPSA) is 87.8 Å². The normalized spacial score (nSPS) is 29.6. The van der Waals surface area contributed by atoms with Gasteiger partial charge >= 0.3 is 0 Å². The SMILES string of the molecule is CCOC[C@]1(CN)[C@H](c2ccc3c(c2)OCO3)[C@H]1S(C)(=O)=O. The van der Waals surface area contributed by atoms with Crippen LogP contribution in [-0.4, -0.2) is 46.5 Å². The van der Waals surface area contributed by atoms with Gasteiger partial charge in [-0.25, -0.2) is 8.42 Å². The molecule has 0 bridgehead atoms. The van der Waals surface area contributed by atoms with E-state index in [9.17, 15) is 8.42 Å². The molecule has 7 heteroatoms. The van der Waals surface area contributed by atoms with Gasteiger partial charge in [0.2, 0.25) is 6.79 Å². The molecule has 1 fully saturated rings. The first-order valence-corrected chi connectivity index (χ1v) is 9.25. The summed E-state index contributed by atoms with van der Waals surface area (Å²) >= 11 is 0. The van der Waals surface area contributed by atoms with Crippen molar-refractivity contribution >= 4 is 9.84 Å². The van der Waals surface area contributed by atoms with Gasteiger partial charge in [-0.1, -0.05) is 6.07 Å². The molecule has 0 spiro atoms. The quantitative estimate of drug-likeness (QED) is 0.835. The molecule has 1 aromatic rings. The van der Waals surface area contributed by atoms with E-state index in [-0.39, 0.29) is 19.3 Å². The molecule has 2 N–H and O–H groups in total. The van der Waals surface area contributed by atoms with Crippen molar-refractivity contribution in [3.05, 3.63) is 23.8 Å². The van der Waals surface area contributed by atoms with Gasteiger partial charge in [0.15, 0.2) is 21.3 Å². The predicted molar refractivity (Wildman–Crippen MR) is 81.9 cm³/mol. The average Bonchev–Trinajstić information content (AvgIpc) is 2.94. The van der Waals surface area contributed by atoms with E-state index in [1.54, 1.807) is 0 Å². The molecule has 1 aromatic carbocycles. The maximum atomic E-state index is 12.2. The second kappa shape index (κ2) is 5.40.